The van der Waals surface area contributed by atoms with Crippen molar-refractivity contribution in [2.24, 2.45) is 5.92 Å². The van der Waals surface area contributed by atoms with Crippen LogP contribution < -0.4 is 0 Å². The number of carbonyl (C=O) groups is 2. The summed E-state index contributed by atoms with van der Waals surface area (Å²) >= 11 is 0. The summed E-state index contributed by atoms with van der Waals surface area (Å²) in [5, 5.41) is 0. The van der Waals surface area contributed by atoms with E-state index < -0.39 is 23.8 Å². The number of carbonyl (C=O) groups excluding carboxylic acids is 2. The van der Waals surface area contributed by atoms with Crippen LogP contribution in [0.15, 0.2) is 24.4 Å². The second-order valence-electron chi connectivity index (χ2n) is 3.26. The van der Waals surface area contributed by atoms with Gasteiger partial charge in [-0.2, -0.15) is 0 Å². The Kier molecular flexibility index (Phi) is 2.04. The fourth-order valence-electron chi connectivity index (χ4n) is 1.53. The quantitative estimate of drug-likeness (QED) is 0.488. The van der Waals surface area contributed by atoms with Gasteiger partial charge in [0.15, 0.2) is 0 Å². The van der Waals surface area contributed by atoms with Crippen LogP contribution in [0.5, 0.6) is 0 Å². The van der Waals surface area contributed by atoms with Gasteiger partial charge in [-0.15, -0.1) is 0 Å². The van der Waals surface area contributed by atoms with Gasteiger partial charge in [0.25, 0.3) is 0 Å². The fourth-order valence-corrected chi connectivity index (χ4v) is 1.53. The van der Waals surface area contributed by atoms with Crippen LogP contribution in [0, 0.1) is 5.92 Å². The molecule has 2 rings (SSSR count). The van der Waals surface area contributed by atoms with E-state index >= 15 is 0 Å². The normalized spacial score (nSPS) is 26.4. The smallest absolute Gasteiger partial charge is 0.323 e. The van der Waals surface area contributed by atoms with Crippen LogP contribution in [-0.2, 0) is 14.3 Å². The van der Waals surface area contributed by atoms with E-state index in [-0.39, 0.29) is 0 Å². The zero-order valence-electron chi connectivity index (χ0n) is 7.64. The van der Waals surface area contributed by atoms with Crippen molar-refractivity contribution in [3.8, 4) is 0 Å². The van der Waals surface area contributed by atoms with Gasteiger partial charge >= 0.3 is 11.9 Å². The Bertz CT molecular complexity index is 374. The van der Waals surface area contributed by atoms with Gasteiger partial charge in [-0.25, -0.2) is 0 Å². The maximum Gasteiger partial charge on any atom is 0.323 e. The predicted molar refractivity (Wildman–Crippen MR) is 47.2 cm³/mol. The first kappa shape index (κ1) is 8.87. The van der Waals surface area contributed by atoms with Gasteiger partial charge in [-0.1, -0.05) is 13.0 Å². The molecule has 0 amide bonds. The van der Waals surface area contributed by atoms with Crippen molar-refractivity contribution in [3.63, 3.8) is 0 Å². The van der Waals surface area contributed by atoms with Gasteiger partial charge in [0.1, 0.15) is 5.92 Å². The molecule has 1 fully saturated rings. The second-order valence-corrected chi connectivity index (χ2v) is 3.26. The van der Waals surface area contributed by atoms with Crippen LogP contribution in [0.3, 0.4) is 0 Å². The van der Waals surface area contributed by atoms with Gasteiger partial charge in [-0.3, -0.25) is 14.6 Å². The van der Waals surface area contributed by atoms with Crippen molar-refractivity contribution < 1.29 is 14.3 Å². The minimum Gasteiger partial charge on any atom is -0.392 e. The first-order valence-electron chi connectivity index (χ1n) is 4.36. The van der Waals surface area contributed by atoms with Crippen LogP contribution in [0.25, 0.3) is 0 Å². The number of rotatable bonds is 1. The molecule has 0 aliphatic carbocycles. The lowest BCUT2D eigenvalue weighted by molar-refractivity contribution is -0.153. The van der Waals surface area contributed by atoms with Crippen molar-refractivity contribution in [1.29, 1.82) is 0 Å². The lowest BCUT2D eigenvalue weighted by Gasteiger charge is -2.06. The topological polar surface area (TPSA) is 56.3 Å². The fraction of sp³-hybridized carbons (Fsp3) is 0.300. The molecule has 72 valence electrons. The first-order chi connectivity index (χ1) is 6.70. The number of hydrogen-bond acceptors (Lipinski definition) is 4. The van der Waals surface area contributed by atoms with E-state index in [0.717, 1.165) is 0 Å². The average Bonchev–Trinajstić information content (AvgIpc) is 2.43. The second kappa shape index (κ2) is 3.21. The minimum absolute atomic E-state index is 0.433. The van der Waals surface area contributed by atoms with Gasteiger partial charge < -0.3 is 4.74 Å². The van der Waals surface area contributed by atoms with Crippen LogP contribution in [0.2, 0.25) is 0 Å². The number of ether oxygens (including phenoxy) is 1. The van der Waals surface area contributed by atoms with Gasteiger partial charge in [0.05, 0.1) is 11.6 Å². The Morgan fingerprint density at radius 2 is 2.07 bits per heavy atom. The number of nitrogens with zero attached hydrogens (tertiary/aromatic N) is 1. The predicted octanol–water partition coefficient (Wildman–Crippen LogP) is 0.885. The van der Waals surface area contributed by atoms with E-state index in [1.807, 2.05) is 0 Å². The van der Waals surface area contributed by atoms with Crippen molar-refractivity contribution in [3.05, 3.63) is 30.1 Å². The van der Waals surface area contributed by atoms with Crippen LogP contribution >= 0.6 is 0 Å². The molecule has 0 spiro atoms. The summed E-state index contributed by atoms with van der Waals surface area (Å²) in [5.74, 6) is -1.94. The van der Waals surface area contributed by atoms with Crippen molar-refractivity contribution in [2.45, 2.75) is 12.8 Å². The van der Waals surface area contributed by atoms with Gasteiger partial charge in [0.2, 0.25) is 0 Å². The molecule has 0 aromatic carbocycles. The molecule has 2 unspecified atom stereocenters. The SMILES string of the molecule is CC1C(=O)OC(=O)C1c1ccccn1. The zero-order valence-corrected chi connectivity index (χ0v) is 7.64. The van der Waals surface area contributed by atoms with Crippen LogP contribution in [0.1, 0.15) is 18.5 Å². The third-order valence-electron chi connectivity index (χ3n) is 2.33. The van der Waals surface area contributed by atoms with Gasteiger partial charge in [-0.05, 0) is 12.1 Å². The molecule has 14 heavy (non-hydrogen) atoms. The Balaban J connectivity index is 2.36. The highest BCUT2D eigenvalue weighted by Crippen LogP contribution is 2.31. The highest BCUT2D eigenvalue weighted by atomic mass is 16.6. The molecule has 1 aliphatic heterocycles. The molecule has 1 aliphatic rings. The molecule has 2 heterocycles. The zero-order chi connectivity index (χ0) is 10.1. The summed E-state index contributed by atoms with van der Waals surface area (Å²) < 4.78 is 4.52. The highest BCUT2D eigenvalue weighted by molar-refractivity contribution is 5.99. The Labute approximate surface area is 80.9 Å². The Hall–Kier alpha value is -1.71. The molecule has 0 bridgehead atoms. The first-order valence-corrected chi connectivity index (χ1v) is 4.36. The molecule has 0 radical (unpaired) electrons. The molecular weight excluding hydrogens is 182 g/mol. The maximum atomic E-state index is 11.3. The largest absolute Gasteiger partial charge is 0.392 e. The Morgan fingerprint density at radius 1 is 1.29 bits per heavy atom. The molecule has 1 aromatic rings. The number of hydrogen-bond donors (Lipinski definition) is 0. The van der Waals surface area contributed by atoms with Crippen molar-refractivity contribution >= 4 is 11.9 Å². The molecule has 4 heteroatoms. The number of esters is 2. The summed E-state index contributed by atoms with van der Waals surface area (Å²) in [5.41, 5.74) is 0.593. The summed E-state index contributed by atoms with van der Waals surface area (Å²) in [6.45, 7) is 1.67. The van der Waals surface area contributed by atoms with E-state index in [1.165, 1.54) is 0 Å². The van der Waals surface area contributed by atoms with E-state index in [9.17, 15) is 9.59 Å². The molecule has 1 saturated heterocycles. The summed E-state index contributed by atoms with van der Waals surface area (Å²) in [7, 11) is 0. The van der Waals surface area contributed by atoms with E-state index in [0.29, 0.717) is 5.69 Å². The van der Waals surface area contributed by atoms with Crippen molar-refractivity contribution in [1.82, 2.24) is 4.98 Å². The van der Waals surface area contributed by atoms with Crippen LogP contribution in [-0.4, -0.2) is 16.9 Å². The lowest BCUT2D eigenvalue weighted by atomic mass is 9.93. The monoisotopic (exact) mass is 191 g/mol. The number of aromatic nitrogens is 1. The average molecular weight is 191 g/mol. The number of pyridine rings is 1. The molecule has 0 N–H and O–H groups in total. The Morgan fingerprint density at radius 3 is 2.57 bits per heavy atom. The van der Waals surface area contributed by atoms with E-state index in [2.05, 4.69) is 9.72 Å². The minimum atomic E-state index is -0.538. The van der Waals surface area contributed by atoms with E-state index in [4.69, 9.17) is 0 Å². The standard InChI is InChI=1S/C10H9NO3/c1-6-8(10(13)14-9(6)12)7-4-2-3-5-11-7/h2-6,8H,1H3. The van der Waals surface area contributed by atoms with Crippen LogP contribution in [0.4, 0.5) is 0 Å². The summed E-state index contributed by atoms with van der Waals surface area (Å²) in [6, 6.07) is 5.27. The maximum absolute atomic E-state index is 11.3. The molecular formula is C10H9NO3. The molecule has 0 saturated carbocycles. The van der Waals surface area contributed by atoms with E-state index in [1.54, 1.807) is 31.3 Å². The summed E-state index contributed by atoms with van der Waals surface area (Å²) in [4.78, 5) is 26.5. The molecule has 2 atom stereocenters. The molecule has 1 aromatic heterocycles. The summed E-state index contributed by atoms with van der Waals surface area (Å²) in [6.07, 6.45) is 1.60. The third-order valence-corrected chi connectivity index (χ3v) is 2.33. The highest BCUT2D eigenvalue weighted by Gasteiger charge is 2.42. The third kappa shape index (κ3) is 1.28. The number of cyclic esters (lactones) is 2. The van der Waals surface area contributed by atoms with Gasteiger partial charge in [0, 0.05) is 6.20 Å². The van der Waals surface area contributed by atoms with Crippen molar-refractivity contribution in [2.75, 3.05) is 0 Å². The lowest BCUT2D eigenvalue weighted by Crippen LogP contribution is -2.13. The molecule has 4 nitrogen and oxygen atoms in total.